The molecular formula is C27H18ClNO7. The number of aliphatic hydroxyl groups excluding tert-OH is 1. The normalized spacial score (nSPS) is 16.8. The van der Waals surface area contributed by atoms with E-state index in [0.29, 0.717) is 44.5 Å². The summed E-state index contributed by atoms with van der Waals surface area (Å²) in [6.07, 6.45) is 0. The van der Waals surface area contributed by atoms with Crippen molar-refractivity contribution in [2.24, 2.45) is 0 Å². The van der Waals surface area contributed by atoms with Crippen molar-refractivity contribution in [1.82, 2.24) is 0 Å². The number of methoxy groups -OCH3 is 1. The number of anilines is 1. The maximum atomic E-state index is 13.8. The second kappa shape index (κ2) is 8.35. The molecule has 0 saturated carbocycles. The molecule has 2 aliphatic rings. The van der Waals surface area contributed by atoms with Crippen LogP contribution in [0, 0.1) is 0 Å². The minimum absolute atomic E-state index is 0.0321. The minimum atomic E-state index is -0.947. The Kier molecular flexibility index (Phi) is 5.12. The van der Waals surface area contributed by atoms with Crippen molar-refractivity contribution in [1.29, 1.82) is 0 Å². The highest BCUT2D eigenvalue weighted by Crippen LogP contribution is 2.45. The zero-order valence-electron chi connectivity index (χ0n) is 18.9. The number of rotatable bonds is 5. The molecule has 8 nitrogen and oxygen atoms in total. The number of halogens is 1. The molecule has 180 valence electrons. The van der Waals surface area contributed by atoms with Gasteiger partial charge in [-0.3, -0.25) is 14.5 Å². The van der Waals surface area contributed by atoms with Crippen molar-refractivity contribution in [3.8, 4) is 17.2 Å². The van der Waals surface area contributed by atoms with Gasteiger partial charge in [0.05, 0.1) is 18.7 Å². The van der Waals surface area contributed by atoms with Crippen LogP contribution in [0.15, 0.2) is 82.5 Å². The van der Waals surface area contributed by atoms with Crippen LogP contribution < -0.4 is 19.1 Å². The van der Waals surface area contributed by atoms with Gasteiger partial charge in [-0.05, 0) is 42.0 Å². The van der Waals surface area contributed by atoms with Gasteiger partial charge in [0.15, 0.2) is 34.4 Å². The van der Waals surface area contributed by atoms with Gasteiger partial charge in [-0.1, -0.05) is 35.9 Å². The van der Waals surface area contributed by atoms with Crippen LogP contribution in [0.5, 0.6) is 17.2 Å². The zero-order chi connectivity index (χ0) is 25.0. The fourth-order valence-corrected chi connectivity index (χ4v) is 4.67. The number of para-hydroxylation sites is 1. The maximum Gasteiger partial charge on any atom is 0.294 e. The average molecular weight is 504 g/mol. The Bertz CT molecular complexity index is 1570. The summed E-state index contributed by atoms with van der Waals surface area (Å²) in [6, 6.07) is 17.6. The summed E-state index contributed by atoms with van der Waals surface area (Å²) in [5, 5.41) is 12.1. The van der Waals surface area contributed by atoms with Gasteiger partial charge in [0.2, 0.25) is 12.6 Å². The van der Waals surface area contributed by atoms with Gasteiger partial charge in [0.25, 0.3) is 5.91 Å². The molecule has 1 atom stereocenters. The van der Waals surface area contributed by atoms with E-state index in [1.807, 2.05) is 0 Å². The average Bonchev–Trinajstić information content (AvgIpc) is 3.60. The van der Waals surface area contributed by atoms with Crippen molar-refractivity contribution in [2.75, 3.05) is 18.8 Å². The maximum absolute atomic E-state index is 13.8. The SMILES string of the molecule is COc1cccc2cc(C(=O)C3=C(O)C(=O)N(c4ccc5c(c4)OCO5)C3c3ccc(Cl)cc3)oc12. The van der Waals surface area contributed by atoms with E-state index in [-0.39, 0.29) is 18.1 Å². The van der Waals surface area contributed by atoms with Gasteiger partial charge in [-0.2, -0.15) is 0 Å². The number of furan rings is 1. The molecule has 0 saturated heterocycles. The molecule has 0 bridgehead atoms. The van der Waals surface area contributed by atoms with Crippen molar-refractivity contribution in [3.05, 3.63) is 94.4 Å². The molecule has 0 aliphatic carbocycles. The number of Topliss-reactive ketones (excluding diaryl/α,β-unsaturated/α-hetero) is 1. The minimum Gasteiger partial charge on any atom is -0.503 e. The topological polar surface area (TPSA) is 98.4 Å². The summed E-state index contributed by atoms with van der Waals surface area (Å²) in [4.78, 5) is 28.5. The molecule has 3 aromatic carbocycles. The molecule has 4 aromatic rings. The summed E-state index contributed by atoms with van der Waals surface area (Å²) in [6.45, 7) is 0.0656. The molecule has 1 amide bonds. The number of benzene rings is 3. The second-order valence-electron chi connectivity index (χ2n) is 8.25. The van der Waals surface area contributed by atoms with Crippen LogP contribution in [0.4, 0.5) is 5.69 Å². The number of carbonyl (C=O) groups is 2. The van der Waals surface area contributed by atoms with Crippen LogP contribution in [-0.2, 0) is 4.79 Å². The number of ether oxygens (including phenoxy) is 3. The van der Waals surface area contributed by atoms with Crippen LogP contribution in [-0.4, -0.2) is 30.7 Å². The smallest absolute Gasteiger partial charge is 0.294 e. The van der Waals surface area contributed by atoms with E-state index < -0.39 is 23.5 Å². The lowest BCUT2D eigenvalue weighted by Gasteiger charge is -2.27. The second-order valence-corrected chi connectivity index (χ2v) is 8.68. The summed E-state index contributed by atoms with van der Waals surface area (Å²) in [5.74, 6) is -0.589. The number of hydrogen-bond donors (Lipinski definition) is 1. The van der Waals surface area contributed by atoms with Gasteiger partial charge in [0.1, 0.15) is 0 Å². The summed E-state index contributed by atoms with van der Waals surface area (Å²) < 4.78 is 22.0. The molecular weight excluding hydrogens is 486 g/mol. The lowest BCUT2D eigenvalue weighted by atomic mass is 9.94. The van der Waals surface area contributed by atoms with E-state index in [2.05, 4.69) is 0 Å². The summed E-state index contributed by atoms with van der Waals surface area (Å²) >= 11 is 6.10. The Morgan fingerprint density at radius 1 is 1.06 bits per heavy atom. The van der Waals surface area contributed by atoms with Crippen LogP contribution in [0.2, 0.25) is 5.02 Å². The monoisotopic (exact) mass is 503 g/mol. The Labute approximate surface area is 209 Å². The summed E-state index contributed by atoms with van der Waals surface area (Å²) in [5.41, 5.74) is 1.28. The largest absolute Gasteiger partial charge is 0.503 e. The Morgan fingerprint density at radius 3 is 2.61 bits per heavy atom. The van der Waals surface area contributed by atoms with Crippen molar-refractivity contribution < 1.29 is 33.3 Å². The first-order chi connectivity index (χ1) is 17.5. The predicted molar refractivity (Wildman–Crippen MR) is 131 cm³/mol. The lowest BCUT2D eigenvalue weighted by Crippen LogP contribution is -2.31. The standard InChI is InChI=1S/C27H18ClNO7/c1-33-19-4-2-3-15-11-21(36-26(15)19)24(30)22-23(14-5-7-16(28)8-6-14)29(27(32)25(22)31)17-9-10-18-20(12-17)35-13-34-18/h2-12,23,31H,13H2,1H3. The molecule has 36 heavy (non-hydrogen) atoms. The quantitative estimate of drug-likeness (QED) is 0.353. The van der Waals surface area contributed by atoms with E-state index in [1.165, 1.54) is 12.0 Å². The van der Waals surface area contributed by atoms with E-state index >= 15 is 0 Å². The van der Waals surface area contributed by atoms with Gasteiger partial charge in [0, 0.05) is 22.2 Å². The molecule has 1 N–H and O–H groups in total. The van der Waals surface area contributed by atoms with Crippen molar-refractivity contribution >= 4 is 39.9 Å². The van der Waals surface area contributed by atoms with Crippen LogP contribution in [0.1, 0.15) is 22.2 Å². The fourth-order valence-electron chi connectivity index (χ4n) is 4.54. The van der Waals surface area contributed by atoms with Crippen LogP contribution in [0.25, 0.3) is 11.0 Å². The zero-order valence-corrected chi connectivity index (χ0v) is 19.6. The van der Waals surface area contributed by atoms with E-state index in [9.17, 15) is 14.7 Å². The first kappa shape index (κ1) is 22.1. The molecule has 2 aliphatic heterocycles. The number of aliphatic hydroxyl groups is 1. The van der Waals surface area contributed by atoms with E-state index in [1.54, 1.807) is 66.7 Å². The molecule has 0 spiro atoms. The Morgan fingerprint density at radius 2 is 1.83 bits per heavy atom. The third-order valence-electron chi connectivity index (χ3n) is 6.22. The van der Waals surface area contributed by atoms with Gasteiger partial charge in [-0.15, -0.1) is 0 Å². The predicted octanol–water partition coefficient (Wildman–Crippen LogP) is 5.61. The Balaban J connectivity index is 1.49. The van der Waals surface area contributed by atoms with Gasteiger partial charge in [-0.25, -0.2) is 0 Å². The number of fused-ring (bicyclic) bond motifs is 2. The highest BCUT2D eigenvalue weighted by Gasteiger charge is 2.45. The number of carbonyl (C=O) groups excluding carboxylic acids is 2. The first-order valence-electron chi connectivity index (χ1n) is 11.0. The summed E-state index contributed by atoms with van der Waals surface area (Å²) in [7, 11) is 1.50. The fraction of sp³-hybridized carbons (Fsp3) is 0.111. The number of amides is 1. The van der Waals surface area contributed by atoms with Crippen LogP contribution in [0.3, 0.4) is 0 Å². The number of ketones is 1. The molecule has 6 rings (SSSR count). The highest BCUT2D eigenvalue weighted by atomic mass is 35.5. The third-order valence-corrected chi connectivity index (χ3v) is 6.48. The van der Waals surface area contributed by atoms with Crippen LogP contribution >= 0.6 is 11.6 Å². The first-order valence-corrected chi connectivity index (χ1v) is 11.4. The van der Waals surface area contributed by atoms with Crippen molar-refractivity contribution in [2.45, 2.75) is 6.04 Å². The highest BCUT2D eigenvalue weighted by molar-refractivity contribution is 6.30. The Hall–Kier alpha value is -4.43. The third kappa shape index (κ3) is 3.37. The molecule has 0 fully saturated rings. The molecule has 1 unspecified atom stereocenters. The molecule has 1 aromatic heterocycles. The van der Waals surface area contributed by atoms with Crippen molar-refractivity contribution in [3.63, 3.8) is 0 Å². The number of nitrogens with zero attached hydrogens (tertiary/aromatic N) is 1. The van der Waals surface area contributed by atoms with Gasteiger partial charge >= 0.3 is 0 Å². The van der Waals surface area contributed by atoms with Gasteiger partial charge < -0.3 is 23.7 Å². The van der Waals surface area contributed by atoms with E-state index in [4.69, 9.17) is 30.2 Å². The molecule has 0 radical (unpaired) electrons. The molecule has 9 heteroatoms. The molecule has 3 heterocycles. The lowest BCUT2D eigenvalue weighted by molar-refractivity contribution is -0.117. The van der Waals surface area contributed by atoms with E-state index in [0.717, 1.165) is 0 Å². The number of hydrogen-bond acceptors (Lipinski definition) is 7.